The van der Waals surface area contributed by atoms with Gasteiger partial charge < -0.3 is 4.79 Å². The summed E-state index contributed by atoms with van der Waals surface area (Å²) in [4.78, 5) is 11.0. The van der Waals surface area contributed by atoms with Crippen molar-refractivity contribution in [2.24, 2.45) is 5.41 Å². The van der Waals surface area contributed by atoms with E-state index in [0.29, 0.717) is 0 Å². The first-order valence-corrected chi connectivity index (χ1v) is 5.68. The molecule has 0 bridgehead atoms. The highest BCUT2D eigenvalue weighted by Gasteiger charge is 2.36. The molecule has 13 heavy (non-hydrogen) atoms. The van der Waals surface area contributed by atoms with Crippen LogP contribution >= 0.6 is 11.3 Å². The number of carbonyl (C=O) groups excluding carboxylic acids is 1. The summed E-state index contributed by atoms with van der Waals surface area (Å²) in [5, 5.41) is 4.34. The molecule has 0 spiro atoms. The third kappa shape index (κ3) is 1.55. The molecule has 1 nitrogen and oxygen atoms in total. The van der Waals surface area contributed by atoms with E-state index in [1.165, 1.54) is 23.8 Å². The van der Waals surface area contributed by atoms with E-state index >= 15 is 0 Å². The van der Waals surface area contributed by atoms with Crippen LogP contribution in [0.3, 0.4) is 0 Å². The summed E-state index contributed by atoms with van der Waals surface area (Å²) in [5.41, 5.74) is 2.72. The first-order chi connectivity index (χ1) is 6.26. The molecule has 1 heterocycles. The first-order valence-electron chi connectivity index (χ1n) is 4.74. The second-order valence-electron chi connectivity index (χ2n) is 4.09. The largest absolute Gasteiger partial charge is 0.303 e. The molecule has 1 aromatic heterocycles. The quantitative estimate of drug-likeness (QED) is 0.676. The van der Waals surface area contributed by atoms with Gasteiger partial charge in [0, 0.05) is 5.41 Å². The second-order valence-corrected chi connectivity index (χ2v) is 4.83. The Labute approximate surface area is 82.8 Å². The summed E-state index contributed by atoms with van der Waals surface area (Å²) < 4.78 is 0. The third-order valence-corrected chi connectivity index (χ3v) is 4.01. The molecule has 2 rings (SSSR count). The molecule has 1 aliphatic rings. The molecule has 2 heteroatoms. The van der Waals surface area contributed by atoms with E-state index in [1.807, 2.05) is 0 Å². The predicted octanol–water partition coefficient (Wildman–Crippen LogP) is 2.97. The number of aldehydes is 1. The van der Waals surface area contributed by atoms with Gasteiger partial charge in [-0.1, -0.05) is 6.42 Å². The van der Waals surface area contributed by atoms with Gasteiger partial charge in [-0.25, -0.2) is 0 Å². The lowest BCUT2D eigenvalue weighted by molar-refractivity contribution is -0.120. The zero-order valence-corrected chi connectivity index (χ0v) is 8.69. The summed E-state index contributed by atoms with van der Waals surface area (Å²) in [6, 6.07) is 0. The molecule has 0 N–H and O–H groups in total. The third-order valence-electron chi connectivity index (χ3n) is 3.10. The molecule has 0 aromatic carbocycles. The molecular formula is C11H14OS. The summed E-state index contributed by atoms with van der Waals surface area (Å²) in [5.74, 6) is 0. The second kappa shape index (κ2) is 3.26. The minimum atomic E-state index is 0.00579. The Balaban J connectivity index is 2.13. The van der Waals surface area contributed by atoms with E-state index in [0.717, 1.165) is 19.3 Å². The first kappa shape index (κ1) is 8.95. The number of thiophene rings is 1. The summed E-state index contributed by atoms with van der Waals surface area (Å²) in [6.07, 6.45) is 5.54. The van der Waals surface area contributed by atoms with E-state index < -0.39 is 0 Å². The van der Waals surface area contributed by atoms with Gasteiger partial charge in [0.1, 0.15) is 6.29 Å². The van der Waals surface area contributed by atoms with Crippen molar-refractivity contribution in [1.29, 1.82) is 0 Å². The van der Waals surface area contributed by atoms with Gasteiger partial charge in [0.2, 0.25) is 0 Å². The normalized spacial score (nSPS) is 19.5. The van der Waals surface area contributed by atoms with Crippen molar-refractivity contribution >= 4 is 17.6 Å². The van der Waals surface area contributed by atoms with Crippen LogP contribution < -0.4 is 0 Å². The molecule has 1 aliphatic carbocycles. The SMILES string of the molecule is Cc1cscc1CC1(C=O)CCC1. The Hall–Kier alpha value is -0.630. The summed E-state index contributed by atoms with van der Waals surface area (Å²) in [6.45, 7) is 2.13. The lowest BCUT2D eigenvalue weighted by atomic mass is 9.66. The van der Waals surface area contributed by atoms with Gasteiger partial charge in [0.05, 0.1) is 0 Å². The molecule has 1 saturated carbocycles. The zero-order valence-electron chi connectivity index (χ0n) is 7.88. The molecule has 0 radical (unpaired) electrons. The Morgan fingerprint density at radius 2 is 2.31 bits per heavy atom. The van der Waals surface area contributed by atoms with Crippen LogP contribution in [0.2, 0.25) is 0 Å². The average molecular weight is 194 g/mol. The van der Waals surface area contributed by atoms with Gasteiger partial charge in [-0.05, 0) is 48.1 Å². The monoisotopic (exact) mass is 194 g/mol. The number of aryl methyl sites for hydroxylation is 1. The highest BCUT2D eigenvalue weighted by Crippen LogP contribution is 2.42. The summed E-state index contributed by atoms with van der Waals surface area (Å²) in [7, 11) is 0. The lowest BCUT2D eigenvalue weighted by Crippen LogP contribution is -2.33. The van der Waals surface area contributed by atoms with E-state index in [-0.39, 0.29) is 5.41 Å². The molecule has 70 valence electrons. The predicted molar refractivity (Wildman–Crippen MR) is 55.1 cm³/mol. The van der Waals surface area contributed by atoms with Crippen molar-refractivity contribution in [2.75, 3.05) is 0 Å². The Morgan fingerprint density at radius 1 is 1.54 bits per heavy atom. The van der Waals surface area contributed by atoms with Gasteiger partial charge in [0.15, 0.2) is 0 Å². The van der Waals surface area contributed by atoms with Gasteiger partial charge in [-0.3, -0.25) is 0 Å². The van der Waals surface area contributed by atoms with Crippen LogP contribution in [0.4, 0.5) is 0 Å². The van der Waals surface area contributed by atoms with Crippen LogP contribution in [0.15, 0.2) is 10.8 Å². The molecule has 0 atom stereocenters. The van der Waals surface area contributed by atoms with Gasteiger partial charge in [-0.15, -0.1) is 0 Å². The zero-order chi connectivity index (χ0) is 9.31. The standard InChI is InChI=1S/C11H14OS/c1-9-6-13-7-10(9)5-11(8-12)3-2-4-11/h6-8H,2-5H2,1H3. The number of hydrogen-bond donors (Lipinski definition) is 0. The molecule has 1 aromatic rings. The highest BCUT2D eigenvalue weighted by atomic mass is 32.1. The summed E-state index contributed by atoms with van der Waals surface area (Å²) >= 11 is 1.74. The smallest absolute Gasteiger partial charge is 0.126 e. The fourth-order valence-corrected chi connectivity index (χ4v) is 2.77. The van der Waals surface area contributed by atoms with E-state index in [4.69, 9.17) is 0 Å². The number of hydrogen-bond acceptors (Lipinski definition) is 2. The average Bonchev–Trinajstić information content (AvgIpc) is 2.44. The van der Waals surface area contributed by atoms with Gasteiger partial charge in [-0.2, -0.15) is 11.3 Å². The molecule has 0 saturated heterocycles. The van der Waals surface area contributed by atoms with Crippen molar-refractivity contribution in [1.82, 2.24) is 0 Å². The van der Waals surface area contributed by atoms with Gasteiger partial charge >= 0.3 is 0 Å². The fourth-order valence-electron chi connectivity index (χ4n) is 1.91. The van der Waals surface area contributed by atoms with Gasteiger partial charge in [0.25, 0.3) is 0 Å². The molecule has 0 aliphatic heterocycles. The minimum Gasteiger partial charge on any atom is -0.303 e. The minimum absolute atomic E-state index is 0.00579. The maximum atomic E-state index is 11.0. The van der Waals surface area contributed by atoms with Crippen molar-refractivity contribution in [3.63, 3.8) is 0 Å². The van der Waals surface area contributed by atoms with Crippen LogP contribution in [-0.4, -0.2) is 6.29 Å². The molecular weight excluding hydrogens is 180 g/mol. The van der Waals surface area contributed by atoms with Crippen LogP contribution in [0.25, 0.3) is 0 Å². The molecule has 1 fully saturated rings. The van der Waals surface area contributed by atoms with Crippen LogP contribution in [-0.2, 0) is 11.2 Å². The van der Waals surface area contributed by atoms with Crippen molar-refractivity contribution in [3.05, 3.63) is 21.9 Å². The Bertz CT molecular complexity index is 310. The van der Waals surface area contributed by atoms with E-state index in [2.05, 4.69) is 17.7 Å². The van der Waals surface area contributed by atoms with Crippen molar-refractivity contribution in [2.45, 2.75) is 32.6 Å². The Kier molecular flexibility index (Phi) is 2.24. The molecule has 0 amide bonds. The van der Waals surface area contributed by atoms with E-state index in [1.54, 1.807) is 11.3 Å². The lowest BCUT2D eigenvalue weighted by Gasteiger charge is -2.36. The maximum Gasteiger partial charge on any atom is 0.126 e. The highest BCUT2D eigenvalue weighted by molar-refractivity contribution is 7.08. The Morgan fingerprint density at radius 3 is 2.69 bits per heavy atom. The van der Waals surface area contributed by atoms with Crippen LogP contribution in [0.5, 0.6) is 0 Å². The van der Waals surface area contributed by atoms with Crippen LogP contribution in [0.1, 0.15) is 30.4 Å². The number of carbonyl (C=O) groups is 1. The molecule has 0 unspecified atom stereocenters. The van der Waals surface area contributed by atoms with Crippen LogP contribution in [0, 0.1) is 12.3 Å². The topological polar surface area (TPSA) is 17.1 Å². The van der Waals surface area contributed by atoms with Crippen molar-refractivity contribution < 1.29 is 4.79 Å². The van der Waals surface area contributed by atoms with Crippen molar-refractivity contribution in [3.8, 4) is 0 Å². The number of rotatable bonds is 3. The fraction of sp³-hybridized carbons (Fsp3) is 0.545. The van der Waals surface area contributed by atoms with E-state index in [9.17, 15) is 4.79 Å². The maximum absolute atomic E-state index is 11.0.